The molecular weight excluding hydrogens is 287 g/mol. The van der Waals surface area contributed by atoms with Gasteiger partial charge in [0.1, 0.15) is 0 Å². The predicted molar refractivity (Wildman–Crippen MR) is 77.0 cm³/mol. The summed E-state index contributed by atoms with van der Waals surface area (Å²) in [5, 5.41) is 15.7. The van der Waals surface area contributed by atoms with E-state index < -0.39 is 0 Å². The average molecular weight is 303 g/mol. The maximum absolute atomic E-state index is 11.9. The first kappa shape index (κ1) is 14.4. The van der Waals surface area contributed by atoms with Gasteiger partial charge >= 0.3 is 0 Å². The highest BCUT2D eigenvalue weighted by atomic mass is 35.5. The molecule has 1 unspecified atom stereocenters. The molecule has 6 heteroatoms. The van der Waals surface area contributed by atoms with E-state index in [9.17, 15) is 9.90 Å². The van der Waals surface area contributed by atoms with E-state index in [1.807, 2.05) is 0 Å². The molecule has 0 radical (unpaired) electrons. The van der Waals surface area contributed by atoms with Gasteiger partial charge in [-0.2, -0.15) is 0 Å². The molecule has 2 rings (SSSR count). The fraction of sp³-hybridized carbons (Fsp3) is 0.462. The van der Waals surface area contributed by atoms with Gasteiger partial charge in [-0.05, 0) is 44.0 Å². The van der Waals surface area contributed by atoms with Gasteiger partial charge in [0, 0.05) is 12.1 Å². The molecule has 0 aliphatic carbocycles. The Bertz CT molecular complexity index is 451. The summed E-state index contributed by atoms with van der Waals surface area (Å²) in [5.41, 5.74) is 0.501. The molecule has 1 saturated heterocycles. The second-order valence-corrected chi connectivity index (χ2v) is 5.57. The predicted octanol–water partition coefficient (Wildman–Crippen LogP) is 3.03. The van der Waals surface area contributed by atoms with Crippen molar-refractivity contribution in [2.75, 3.05) is 18.4 Å². The molecule has 1 aliphatic rings. The summed E-state index contributed by atoms with van der Waals surface area (Å²) >= 11 is 11.6. The number of aromatic hydroxyl groups is 1. The van der Waals surface area contributed by atoms with Crippen molar-refractivity contribution in [1.82, 2.24) is 5.32 Å². The van der Waals surface area contributed by atoms with Crippen LogP contribution in [0.1, 0.15) is 19.3 Å². The van der Waals surface area contributed by atoms with Crippen LogP contribution in [0.4, 0.5) is 5.69 Å². The first-order chi connectivity index (χ1) is 9.06. The number of rotatable bonds is 3. The van der Waals surface area contributed by atoms with Gasteiger partial charge < -0.3 is 15.7 Å². The quantitative estimate of drug-likeness (QED) is 0.752. The normalized spacial score (nSPS) is 19.2. The highest BCUT2D eigenvalue weighted by molar-refractivity contribution is 6.37. The summed E-state index contributed by atoms with van der Waals surface area (Å²) in [5.74, 6) is 0.140. The smallest absolute Gasteiger partial charge is 0.224 e. The van der Waals surface area contributed by atoms with Crippen molar-refractivity contribution < 1.29 is 9.90 Å². The molecule has 4 nitrogen and oxygen atoms in total. The molecule has 104 valence electrons. The van der Waals surface area contributed by atoms with Gasteiger partial charge in [0.2, 0.25) is 5.91 Å². The highest BCUT2D eigenvalue weighted by Crippen LogP contribution is 2.34. The molecule has 1 atom stereocenters. The number of amides is 1. The van der Waals surface area contributed by atoms with E-state index in [1.165, 1.54) is 12.1 Å². The van der Waals surface area contributed by atoms with Crippen molar-refractivity contribution in [2.45, 2.75) is 19.3 Å². The summed E-state index contributed by atoms with van der Waals surface area (Å²) < 4.78 is 0. The fourth-order valence-electron chi connectivity index (χ4n) is 2.21. The van der Waals surface area contributed by atoms with Crippen LogP contribution in [0.2, 0.25) is 10.0 Å². The van der Waals surface area contributed by atoms with Gasteiger partial charge in [0.05, 0.1) is 10.0 Å². The largest absolute Gasteiger partial charge is 0.505 e. The van der Waals surface area contributed by atoms with Gasteiger partial charge in [0.25, 0.3) is 0 Å². The van der Waals surface area contributed by atoms with Crippen molar-refractivity contribution in [3.63, 3.8) is 0 Å². The molecule has 1 heterocycles. The van der Waals surface area contributed by atoms with Crippen molar-refractivity contribution in [3.05, 3.63) is 22.2 Å². The van der Waals surface area contributed by atoms with Gasteiger partial charge in [-0.1, -0.05) is 23.2 Å². The average Bonchev–Trinajstić information content (AvgIpc) is 2.37. The Hall–Kier alpha value is -0.970. The van der Waals surface area contributed by atoms with E-state index in [0.29, 0.717) is 18.0 Å². The third kappa shape index (κ3) is 4.00. The van der Waals surface area contributed by atoms with E-state index in [0.717, 1.165) is 25.9 Å². The summed E-state index contributed by atoms with van der Waals surface area (Å²) in [6.07, 6.45) is 2.65. The van der Waals surface area contributed by atoms with Gasteiger partial charge in [-0.3, -0.25) is 4.79 Å². The zero-order valence-electron chi connectivity index (χ0n) is 10.4. The number of benzene rings is 1. The zero-order valence-corrected chi connectivity index (χ0v) is 11.9. The zero-order chi connectivity index (χ0) is 13.8. The Balaban J connectivity index is 1.94. The number of carbonyl (C=O) groups is 1. The SMILES string of the molecule is O=C(CC1CCCNC1)Nc1cc(Cl)c(O)c(Cl)c1. The van der Waals surface area contributed by atoms with Crippen LogP contribution in [0.25, 0.3) is 0 Å². The number of anilines is 1. The van der Waals surface area contributed by atoms with E-state index >= 15 is 0 Å². The lowest BCUT2D eigenvalue weighted by molar-refractivity contribution is -0.117. The standard InChI is InChI=1S/C13H16Cl2N2O2/c14-10-5-9(6-11(15)13(10)19)17-12(18)4-8-2-1-3-16-7-8/h5-6,8,16,19H,1-4,7H2,(H,17,18). The van der Waals surface area contributed by atoms with Crippen LogP contribution in [-0.4, -0.2) is 24.1 Å². The third-order valence-corrected chi connectivity index (χ3v) is 3.75. The van der Waals surface area contributed by atoms with Crippen LogP contribution in [0.15, 0.2) is 12.1 Å². The molecule has 1 aromatic carbocycles. The third-order valence-electron chi connectivity index (χ3n) is 3.17. The minimum Gasteiger partial charge on any atom is -0.505 e. The lowest BCUT2D eigenvalue weighted by Crippen LogP contribution is -2.32. The summed E-state index contributed by atoms with van der Waals surface area (Å²) in [7, 11) is 0. The van der Waals surface area contributed by atoms with Crippen LogP contribution in [-0.2, 0) is 4.79 Å². The number of carbonyl (C=O) groups excluding carboxylic acids is 1. The molecule has 1 amide bonds. The molecule has 1 aliphatic heterocycles. The number of hydrogen-bond acceptors (Lipinski definition) is 3. The molecule has 1 fully saturated rings. The van der Waals surface area contributed by atoms with Gasteiger partial charge in [-0.15, -0.1) is 0 Å². The number of piperidine rings is 1. The van der Waals surface area contributed by atoms with E-state index in [1.54, 1.807) is 0 Å². The Morgan fingerprint density at radius 1 is 1.42 bits per heavy atom. The molecule has 0 aromatic heterocycles. The first-order valence-corrected chi connectivity index (χ1v) is 7.00. The molecular formula is C13H16Cl2N2O2. The summed E-state index contributed by atoms with van der Waals surface area (Å²) in [4.78, 5) is 11.9. The Morgan fingerprint density at radius 3 is 2.68 bits per heavy atom. The monoisotopic (exact) mass is 302 g/mol. The van der Waals surface area contributed by atoms with E-state index in [4.69, 9.17) is 23.2 Å². The van der Waals surface area contributed by atoms with Gasteiger partial charge in [-0.25, -0.2) is 0 Å². The molecule has 1 aromatic rings. The minimum absolute atomic E-state index is 0.0634. The topological polar surface area (TPSA) is 61.4 Å². The molecule has 0 bridgehead atoms. The lowest BCUT2D eigenvalue weighted by atomic mass is 9.96. The van der Waals surface area contributed by atoms with Crippen LogP contribution in [0.3, 0.4) is 0 Å². The van der Waals surface area contributed by atoms with Crippen molar-refractivity contribution in [3.8, 4) is 5.75 Å². The van der Waals surface area contributed by atoms with Crippen LogP contribution >= 0.6 is 23.2 Å². The van der Waals surface area contributed by atoms with Gasteiger partial charge in [0.15, 0.2) is 5.75 Å². The summed E-state index contributed by atoms with van der Waals surface area (Å²) in [6, 6.07) is 2.97. The molecule has 0 saturated carbocycles. The molecule has 0 spiro atoms. The maximum atomic E-state index is 11.9. The number of halogens is 2. The second kappa shape index (κ2) is 6.46. The fourth-order valence-corrected chi connectivity index (χ4v) is 2.70. The summed E-state index contributed by atoms with van der Waals surface area (Å²) in [6.45, 7) is 1.91. The Morgan fingerprint density at radius 2 is 2.11 bits per heavy atom. The Labute approximate surface area is 122 Å². The minimum atomic E-state index is -0.169. The second-order valence-electron chi connectivity index (χ2n) is 4.75. The lowest BCUT2D eigenvalue weighted by Gasteiger charge is -2.22. The highest BCUT2D eigenvalue weighted by Gasteiger charge is 2.17. The molecule has 19 heavy (non-hydrogen) atoms. The Kier molecular flexibility index (Phi) is 4.91. The van der Waals surface area contributed by atoms with Crippen LogP contribution in [0, 0.1) is 5.92 Å². The van der Waals surface area contributed by atoms with Crippen LogP contribution < -0.4 is 10.6 Å². The first-order valence-electron chi connectivity index (χ1n) is 6.25. The number of hydrogen-bond donors (Lipinski definition) is 3. The van der Waals surface area contributed by atoms with Crippen molar-refractivity contribution >= 4 is 34.8 Å². The van der Waals surface area contributed by atoms with E-state index in [2.05, 4.69) is 10.6 Å². The van der Waals surface area contributed by atoms with E-state index in [-0.39, 0.29) is 21.7 Å². The number of nitrogens with one attached hydrogen (secondary N) is 2. The van der Waals surface area contributed by atoms with Crippen molar-refractivity contribution in [2.24, 2.45) is 5.92 Å². The van der Waals surface area contributed by atoms with Crippen molar-refractivity contribution in [1.29, 1.82) is 0 Å². The van der Waals surface area contributed by atoms with Crippen LogP contribution in [0.5, 0.6) is 5.75 Å². The molecule has 3 N–H and O–H groups in total. The maximum Gasteiger partial charge on any atom is 0.224 e. The number of phenolic OH excluding ortho intramolecular Hbond substituents is 1. The number of phenols is 1.